The second-order valence-corrected chi connectivity index (χ2v) is 12.1. The highest BCUT2D eigenvalue weighted by Crippen LogP contribution is 2.68. The van der Waals surface area contributed by atoms with Gasteiger partial charge in [0, 0.05) is 0 Å². The monoisotopic (exact) mass is 480 g/mol. The van der Waals surface area contributed by atoms with Crippen molar-refractivity contribution >= 4 is 0 Å². The SMILES string of the molecule is CC(/C=C/C(O)(C(F)(F)F)C(F)(F)F)C1CCC2C3CCC4CCCCC4(C)C3CCC12C. The highest BCUT2D eigenvalue weighted by molar-refractivity contribution is 5.15. The van der Waals surface area contributed by atoms with Gasteiger partial charge < -0.3 is 5.11 Å². The van der Waals surface area contributed by atoms with Crippen LogP contribution in [0, 0.1) is 46.3 Å². The van der Waals surface area contributed by atoms with E-state index in [4.69, 9.17) is 0 Å². The minimum atomic E-state index is -5.81. The van der Waals surface area contributed by atoms with Gasteiger partial charge in [-0.3, -0.25) is 0 Å². The maximum Gasteiger partial charge on any atom is 0.429 e. The first-order valence-corrected chi connectivity index (χ1v) is 12.7. The molecule has 0 amide bonds. The third-order valence-electron chi connectivity index (χ3n) is 10.8. The Hall–Kier alpha value is -0.720. The fourth-order valence-corrected chi connectivity index (χ4v) is 8.97. The van der Waals surface area contributed by atoms with Crippen LogP contribution in [0.5, 0.6) is 0 Å². The summed E-state index contributed by atoms with van der Waals surface area (Å²) in [7, 11) is 0. The van der Waals surface area contributed by atoms with Crippen LogP contribution in [0.25, 0.3) is 0 Å². The van der Waals surface area contributed by atoms with E-state index in [1.807, 2.05) is 0 Å². The van der Waals surface area contributed by atoms with Gasteiger partial charge in [0.15, 0.2) is 0 Å². The van der Waals surface area contributed by atoms with Crippen molar-refractivity contribution in [1.29, 1.82) is 0 Å². The number of allylic oxidation sites excluding steroid dienone is 1. The summed E-state index contributed by atoms with van der Waals surface area (Å²) >= 11 is 0. The van der Waals surface area contributed by atoms with E-state index in [-0.39, 0.29) is 17.4 Å². The van der Waals surface area contributed by atoms with Crippen LogP contribution in [-0.4, -0.2) is 23.1 Å². The largest absolute Gasteiger partial charge is 0.429 e. The standard InChI is InChI=1S/C26H38F6O/c1-16(11-15-24(33,25(27,28)29)26(30,31)32)19-9-10-20-18-8-7-17-6-4-5-13-22(17,2)21(18)12-14-23(19,20)3/h11,15-21,33H,4-10,12-14H2,1-3H3/b15-11+. The Morgan fingerprint density at radius 1 is 0.788 bits per heavy atom. The summed E-state index contributed by atoms with van der Waals surface area (Å²) in [6.07, 6.45) is 0.960. The molecule has 190 valence electrons. The van der Waals surface area contributed by atoms with Crippen LogP contribution in [0.2, 0.25) is 0 Å². The van der Waals surface area contributed by atoms with E-state index in [2.05, 4.69) is 13.8 Å². The van der Waals surface area contributed by atoms with E-state index in [1.54, 1.807) is 6.92 Å². The Bertz CT molecular complexity index is 743. The molecular weight excluding hydrogens is 442 g/mol. The molecule has 4 saturated carbocycles. The molecule has 7 heteroatoms. The lowest BCUT2D eigenvalue weighted by molar-refractivity contribution is -0.347. The number of aliphatic hydroxyl groups is 1. The molecule has 0 aromatic carbocycles. The maximum atomic E-state index is 13.1. The number of alkyl halides is 6. The first kappa shape index (κ1) is 25.4. The highest BCUT2D eigenvalue weighted by Gasteiger charge is 2.69. The smallest absolute Gasteiger partial charge is 0.370 e. The lowest BCUT2D eigenvalue weighted by Gasteiger charge is -2.60. The lowest BCUT2D eigenvalue weighted by atomic mass is 9.44. The Morgan fingerprint density at radius 3 is 2.06 bits per heavy atom. The van der Waals surface area contributed by atoms with E-state index in [0.717, 1.165) is 37.7 Å². The molecule has 0 saturated heterocycles. The molecule has 4 fully saturated rings. The van der Waals surface area contributed by atoms with Gasteiger partial charge in [-0.1, -0.05) is 39.7 Å². The third kappa shape index (κ3) is 3.87. The predicted molar refractivity (Wildman–Crippen MR) is 115 cm³/mol. The van der Waals surface area contributed by atoms with Crippen molar-refractivity contribution < 1.29 is 31.4 Å². The molecule has 33 heavy (non-hydrogen) atoms. The molecule has 4 aliphatic carbocycles. The molecule has 1 N–H and O–H groups in total. The summed E-state index contributed by atoms with van der Waals surface area (Å²) in [6.45, 7) is 6.43. The zero-order valence-electron chi connectivity index (χ0n) is 19.9. The van der Waals surface area contributed by atoms with Crippen LogP contribution in [0.3, 0.4) is 0 Å². The summed E-state index contributed by atoms with van der Waals surface area (Å²) in [5.74, 6) is 2.17. The van der Waals surface area contributed by atoms with E-state index >= 15 is 0 Å². The number of hydrogen-bond acceptors (Lipinski definition) is 1. The zero-order valence-corrected chi connectivity index (χ0v) is 19.9. The molecular formula is C26H38F6O. The van der Waals surface area contributed by atoms with Gasteiger partial charge in [0.05, 0.1) is 0 Å². The fraction of sp³-hybridized carbons (Fsp3) is 0.923. The second-order valence-electron chi connectivity index (χ2n) is 12.1. The van der Waals surface area contributed by atoms with Crippen molar-refractivity contribution in [2.75, 3.05) is 0 Å². The Morgan fingerprint density at radius 2 is 1.42 bits per heavy atom. The van der Waals surface area contributed by atoms with E-state index in [9.17, 15) is 31.4 Å². The minimum Gasteiger partial charge on any atom is -0.370 e. The van der Waals surface area contributed by atoms with Crippen molar-refractivity contribution in [3.05, 3.63) is 12.2 Å². The number of hydrogen-bond donors (Lipinski definition) is 1. The minimum absolute atomic E-state index is 0.0299. The average Bonchev–Trinajstić information content (AvgIpc) is 3.07. The predicted octanol–water partition coefficient (Wildman–Crippen LogP) is 8.08. The molecule has 8 atom stereocenters. The Labute approximate surface area is 193 Å². The number of halogens is 6. The summed E-state index contributed by atoms with van der Waals surface area (Å²) < 4.78 is 78.6. The van der Waals surface area contributed by atoms with E-state index < -0.39 is 23.9 Å². The molecule has 0 spiro atoms. The number of rotatable bonds is 3. The Kier molecular flexibility index (Phi) is 6.28. The molecule has 4 aliphatic rings. The summed E-state index contributed by atoms with van der Waals surface area (Å²) in [4.78, 5) is 0. The van der Waals surface area contributed by atoms with Crippen LogP contribution in [0.15, 0.2) is 12.2 Å². The topological polar surface area (TPSA) is 20.2 Å². The van der Waals surface area contributed by atoms with Crippen LogP contribution < -0.4 is 0 Å². The molecule has 1 nitrogen and oxygen atoms in total. The van der Waals surface area contributed by atoms with Crippen molar-refractivity contribution in [1.82, 2.24) is 0 Å². The van der Waals surface area contributed by atoms with Gasteiger partial charge in [-0.25, -0.2) is 0 Å². The zero-order chi connectivity index (χ0) is 24.4. The third-order valence-corrected chi connectivity index (χ3v) is 10.8. The van der Waals surface area contributed by atoms with Gasteiger partial charge in [0.1, 0.15) is 0 Å². The summed E-state index contributed by atoms with van der Waals surface area (Å²) in [5.41, 5.74) is -4.49. The first-order chi connectivity index (χ1) is 15.2. The second kappa shape index (κ2) is 8.16. The van der Waals surface area contributed by atoms with Crippen molar-refractivity contribution in [2.45, 2.75) is 103 Å². The van der Waals surface area contributed by atoms with Crippen molar-refractivity contribution in [3.63, 3.8) is 0 Å². The van der Waals surface area contributed by atoms with Gasteiger partial charge in [-0.15, -0.1) is 0 Å². The molecule has 8 unspecified atom stereocenters. The van der Waals surface area contributed by atoms with E-state index in [0.29, 0.717) is 23.2 Å². The van der Waals surface area contributed by atoms with Gasteiger partial charge in [-0.05, 0) is 104 Å². The Balaban J connectivity index is 1.54. The summed E-state index contributed by atoms with van der Waals surface area (Å²) in [5, 5.41) is 9.53. The van der Waals surface area contributed by atoms with Gasteiger partial charge in [0.2, 0.25) is 0 Å². The van der Waals surface area contributed by atoms with Crippen molar-refractivity contribution in [3.8, 4) is 0 Å². The van der Waals surface area contributed by atoms with Gasteiger partial charge in [0.25, 0.3) is 5.60 Å². The molecule has 0 aliphatic heterocycles. The van der Waals surface area contributed by atoms with Crippen LogP contribution in [-0.2, 0) is 0 Å². The van der Waals surface area contributed by atoms with Crippen LogP contribution >= 0.6 is 0 Å². The highest BCUT2D eigenvalue weighted by atomic mass is 19.4. The summed E-state index contributed by atoms with van der Waals surface area (Å²) in [6, 6.07) is 0. The van der Waals surface area contributed by atoms with Gasteiger partial charge >= 0.3 is 12.4 Å². The molecule has 0 aromatic heterocycles. The average molecular weight is 481 g/mol. The maximum absolute atomic E-state index is 13.1. The molecule has 0 aromatic rings. The van der Waals surface area contributed by atoms with Crippen molar-refractivity contribution in [2.24, 2.45) is 46.3 Å². The quantitative estimate of drug-likeness (QED) is 0.320. The lowest BCUT2D eigenvalue weighted by Crippen LogP contribution is -2.55. The van der Waals surface area contributed by atoms with E-state index in [1.165, 1.54) is 38.5 Å². The van der Waals surface area contributed by atoms with Gasteiger partial charge in [-0.2, -0.15) is 26.3 Å². The number of fused-ring (bicyclic) bond motifs is 5. The molecule has 0 radical (unpaired) electrons. The fourth-order valence-electron chi connectivity index (χ4n) is 8.97. The molecule has 0 heterocycles. The molecule has 0 bridgehead atoms. The van der Waals surface area contributed by atoms with Crippen LogP contribution in [0.1, 0.15) is 85.0 Å². The normalized spacial score (nSPS) is 43.2. The van der Waals surface area contributed by atoms with Crippen LogP contribution in [0.4, 0.5) is 26.3 Å². The first-order valence-electron chi connectivity index (χ1n) is 12.7. The molecule has 4 rings (SSSR count).